The third-order valence-electron chi connectivity index (χ3n) is 1.76. The summed E-state index contributed by atoms with van der Waals surface area (Å²) in [6, 6.07) is 0. The zero-order valence-corrected chi connectivity index (χ0v) is 6.36. The molecule has 2 unspecified atom stereocenters. The van der Waals surface area contributed by atoms with Gasteiger partial charge in [-0.1, -0.05) is 0 Å². The highest BCUT2D eigenvalue weighted by Gasteiger charge is 2.30. The van der Waals surface area contributed by atoms with Crippen LogP contribution in [0.25, 0.3) is 0 Å². The van der Waals surface area contributed by atoms with Crippen LogP contribution in [-0.4, -0.2) is 34.5 Å². The molecule has 11 heavy (non-hydrogen) atoms. The molecule has 0 bridgehead atoms. The molecule has 0 amide bonds. The molecular formula is C7H12O4. The molecule has 0 saturated carbocycles. The van der Waals surface area contributed by atoms with E-state index >= 15 is 0 Å². The average Bonchev–Trinajstić information content (AvgIpc) is 1.85. The van der Waals surface area contributed by atoms with Gasteiger partial charge in [0.25, 0.3) is 0 Å². The molecule has 0 aromatic carbocycles. The first-order valence-electron chi connectivity index (χ1n) is 3.66. The summed E-state index contributed by atoms with van der Waals surface area (Å²) in [4.78, 5) is 10.4. The Balaban J connectivity index is 2.49. The smallest absolute Gasteiger partial charge is 0.332 e. The van der Waals surface area contributed by atoms with E-state index in [0.29, 0.717) is 6.42 Å². The van der Waals surface area contributed by atoms with Crippen LogP contribution in [-0.2, 0) is 9.53 Å². The number of aliphatic hydroxyl groups excluding tert-OH is 1. The van der Waals surface area contributed by atoms with Crippen molar-refractivity contribution in [3.63, 3.8) is 0 Å². The van der Waals surface area contributed by atoms with Crippen molar-refractivity contribution in [3.8, 4) is 0 Å². The summed E-state index contributed by atoms with van der Waals surface area (Å²) in [6.45, 7) is 1.76. The van der Waals surface area contributed by atoms with Crippen LogP contribution < -0.4 is 0 Å². The molecule has 1 saturated heterocycles. The molecule has 0 aromatic rings. The lowest BCUT2D eigenvalue weighted by atomic mass is 10.0. The minimum Gasteiger partial charge on any atom is -0.479 e. The summed E-state index contributed by atoms with van der Waals surface area (Å²) in [5.41, 5.74) is 0. The maximum absolute atomic E-state index is 10.4. The highest BCUT2D eigenvalue weighted by atomic mass is 16.5. The van der Waals surface area contributed by atoms with E-state index in [4.69, 9.17) is 14.9 Å². The second-order valence-corrected chi connectivity index (χ2v) is 2.90. The highest BCUT2D eigenvalue weighted by molar-refractivity contribution is 5.72. The number of aliphatic carboxylic acids is 1. The second-order valence-electron chi connectivity index (χ2n) is 2.90. The molecule has 4 nitrogen and oxygen atoms in total. The Morgan fingerprint density at radius 1 is 1.55 bits per heavy atom. The van der Waals surface area contributed by atoms with Crippen LogP contribution in [0.2, 0.25) is 0 Å². The van der Waals surface area contributed by atoms with Crippen LogP contribution in [0.1, 0.15) is 19.8 Å². The molecule has 1 fully saturated rings. The van der Waals surface area contributed by atoms with Gasteiger partial charge in [0, 0.05) is 6.42 Å². The van der Waals surface area contributed by atoms with Crippen molar-refractivity contribution in [3.05, 3.63) is 0 Å². The number of hydrogen-bond acceptors (Lipinski definition) is 3. The number of carboxylic acid groups (broad SMARTS) is 1. The number of rotatable bonds is 1. The van der Waals surface area contributed by atoms with Crippen LogP contribution in [0.4, 0.5) is 0 Å². The Bertz CT molecular complexity index is 147. The molecule has 0 aliphatic carbocycles. The first-order valence-corrected chi connectivity index (χ1v) is 3.66. The summed E-state index contributed by atoms with van der Waals surface area (Å²) in [7, 11) is 0. The predicted octanol–water partition coefficient (Wildman–Crippen LogP) is -0.000600. The maximum Gasteiger partial charge on any atom is 0.332 e. The second kappa shape index (κ2) is 3.19. The summed E-state index contributed by atoms with van der Waals surface area (Å²) in [5, 5.41) is 17.7. The van der Waals surface area contributed by atoms with Crippen molar-refractivity contribution < 1.29 is 19.7 Å². The minimum atomic E-state index is -0.990. The Kier molecular flexibility index (Phi) is 2.46. The van der Waals surface area contributed by atoms with Crippen molar-refractivity contribution in [2.75, 3.05) is 0 Å². The fourth-order valence-corrected chi connectivity index (χ4v) is 1.28. The molecule has 1 aliphatic heterocycles. The van der Waals surface area contributed by atoms with Crippen molar-refractivity contribution in [1.82, 2.24) is 0 Å². The summed E-state index contributed by atoms with van der Waals surface area (Å²) in [5.74, 6) is -0.990. The molecule has 2 N–H and O–H groups in total. The third kappa shape index (κ3) is 2.17. The Morgan fingerprint density at radius 3 is 2.64 bits per heavy atom. The molecule has 3 atom stereocenters. The highest BCUT2D eigenvalue weighted by Crippen LogP contribution is 2.18. The van der Waals surface area contributed by atoms with E-state index < -0.39 is 18.2 Å². The van der Waals surface area contributed by atoms with E-state index in [1.54, 1.807) is 6.92 Å². The first kappa shape index (κ1) is 8.49. The number of hydrogen-bond donors (Lipinski definition) is 2. The molecular weight excluding hydrogens is 148 g/mol. The SMILES string of the molecule is CC1C[C@@H](O)CC(C(=O)O)O1. The van der Waals surface area contributed by atoms with Gasteiger partial charge in [-0.2, -0.15) is 0 Å². The Labute approximate surface area is 64.8 Å². The topological polar surface area (TPSA) is 66.8 Å². The van der Waals surface area contributed by atoms with E-state index in [1.807, 2.05) is 0 Å². The van der Waals surface area contributed by atoms with Gasteiger partial charge in [0.1, 0.15) is 0 Å². The van der Waals surface area contributed by atoms with Crippen molar-refractivity contribution >= 4 is 5.97 Å². The standard InChI is InChI=1S/C7H12O4/c1-4-2-5(8)3-6(11-4)7(9)10/h4-6,8H,2-3H2,1H3,(H,9,10)/t4?,5-,6?/m1/s1. The van der Waals surface area contributed by atoms with Crippen LogP contribution in [0, 0.1) is 0 Å². The first-order chi connectivity index (χ1) is 5.09. The van der Waals surface area contributed by atoms with Crippen LogP contribution >= 0.6 is 0 Å². The molecule has 1 aliphatic rings. The molecule has 1 heterocycles. The zero-order chi connectivity index (χ0) is 8.43. The number of aliphatic hydroxyl groups is 1. The summed E-state index contributed by atoms with van der Waals surface area (Å²) in [6.07, 6.45) is -0.767. The number of carbonyl (C=O) groups is 1. The number of carboxylic acids is 1. The van der Waals surface area contributed by atoms with Crippen LogP contribution in [0.5, 0.6) is 0 Å². The van der Waals surface area contributed by atoms with E-state index in [2.05, 4.69) is 0 Å². The quantitative estimate of drug-likeness (QED) is 0.566. The lowest BCUT2D eigenvalue weighted by Gasteiger charge is -2.28. The van der Waals surface area contributed by atoms with Gasteiger partial charge < -0.3 is 14.9 Å². The van der Waals surface area contributed by atoms with Gasteiger partial charge >= 0.3 is 5.97 Å². The van der Waals surface area contributed by atoms with Crippen molar-refractivity contribution in [2.24, 2.45) is 0 Å². The zero-order valence-electron chi connectivity index (χ0n) is 6.36. The van der Waals surface area contributed by atoms with Crippen LogP contribution in [0.3, 0.4) is 0 Å². The molecule has 64 valence electrons. The fourth-order valence-electron chi connectivity index (χ4n) is 1.28. The summed E-state index contributed by atoms with van der Waals surface area (Å²) >= 11 is 0. The van der Waals surface area contributed by atoms with Crippen LogP contribution in [0.15, 0.2) is 0 Å². The average molecular weight is 160 g/mol. The van der Waals surface area contributed by atoms with Gasteiger partial charge in [0.2, 0.25) is 0 Å². The van der Waals surface area contributed by atoms with Gasteiger partial charge in [-0.05, 0) is 13.3 Å². The Hall–Kier alpha value is -0.610. The summed E-state index contributed by atoms with van der Waals surface area (Å²) < 4.78 is 5.06. The van der Waals surface area contributed by atoms with Gasteiger partial charge in [0.05, 0.1) is 12.2 Å². The lowest BCUT2D eigenvalue weighted by Crippen LogP contribution is -2.38. The monoisotopic (exact) mass is 160 g/mol. The molecule has 0 spiro atoms. The fraction of sp³-hybridized carbons (Fsp3) is 0.857. The molecule has 0 aromatic heterocycles. The van der Waals surface area contributed by atoms with E-state index in [1.165, 1.54) is 0 Å². The normalized spacial score (nSPS) is 38.5. The van der Waals surface area contributed by atoms with Crippen molar-refractivity contribution in [2.45, 2.75) is 38.1 Å². The Morgan fingerprint density at radius 2 is 2.18 bits per heavy atom. The molecule has 4 heteroatoms. The van der Waals surface area contributed by atoms with Crippen molar-refractivity contribution in [1.29, 1.82) is 0 Å². The largest absolute Gasteiger partial charge is 0.479 e. The molecule has 0 radical (unpaired) electrons. The van der Waals surface area contributed by atoms with E-state index in [9.17, 15) is 4.79 Å². The lowest BCUT2D eigenvalue weighted by molar-refractivity contribution is -0.164. The predicted molar refractivity (Wildman–Crippen MR) is 37.2 cm³/mol. The van der Waals surface area contributed by atoms with Gasteiger partial charge in [-0.25, -0.2) is 4.79 Å². The van der Waals surface area contributed by atoms with Gasteiger partial charge in [-0.15, -0.1) is 0 Å². The number of ether oxygens (including phenoxy) is 1. The van der Waals surface area contributed by atoms with E-state index in [-0.39, 0.29) is 12.5 Å². The minimum absolute atomic E-state index is 0.153. The third-order valence-corrected chi connectivity index (χ3v) is 1.76. The maximum atomic E-state index is 10.4. The van der Waals surface area contributed by atoms with E-state index in [0.717, 1.165) is 0 Å². The molecule has 1 rings (SSSR count). The van der Waals surface area contributed by atoms with Gasteiger partial charge in [-0.3, -0.25) is 0 Å². The van der Waals surface area contributed by atoms with Gasteiger partial charge in [0.15, 0.2) is 6.10 Å².